The van der Waals surface area contributed by atoms with Crippen molar-refractivity contribution in [1.82, 2.24) is 9.78 Å². The van der Waals surface area contributed by atoms with Crippen LogP contribution in [0.4, 0.5) is 0 Å². The second-order valence-corrected chi connectivity index (χ2v) is 4.77. The van der Waals surface area contributed by atoms with Crippen LogP contribution in [0.3, 0.4) is 0 Å². The highest BCUT2D eigenvalue weighted by Gasteiger charge is 2.18. The first kappa shape index (κ1) is 11.6. The van der Waals surface area contributed by atoms with Gasteiger partial charge in [0.1, 0.15) is 0 Å². The van der Waals surface area contributed by atoms with Gasteiger partial charge in [-0.1, -0.05) is 25.7 Å². The Bertz CT molecular complexity index is 322. The van der Waals surface area contributed by atoms with Gasteiger partial charge in [-0.3, -0.25) is 4.68 Å². The fraction of sp³-hybridized carbons (Fsp3) is 0.769. The van der Waals surface area contributed by atoms with E-state index in [4.69, 9.17) is 5.73 Å². The zero-order valence-electron chi connectivity index (χ0n) is 10.3. The molecule has 90 valence electrons. The molecule has 0 aliphatic heterocycles. The van der Waals surface area contributed by atoms with E-state index in [9.17, 15) is 0 Å². The van der Waals surface area contributed by atoms with Gasteiger partial charge in [0.05, 0.1) is 5.69 Å². The van der Waals surface area contributed by atoms with Crippen molar-refractivity contribution in [3.63, 3.8) is 0 Å². The smallest absolute Gasteiger partial charge is 0.0763 e. The SMILES string of the molecule is CCn1nc(CN)cc1C1CCCCCC1. The van der Waals surface area contributed by atoms with Gasteiger partial charge < -0.3 is 5.73 Å². The van der Waals surface area contributed by atoms with Crippen molar-refractivity contribution >= 4 is 0 Å². The molecule has 1 heterocycles. The number of nitrogens with zero attached hydrogens (tertiary/aromatic N) is 2. The summed E-state index contributed by atoms with van der Waals surface area (Å²) < 4.78 is 2.15. The first-order chi connectivity index (χ1) is 7.85. The second kappa shape index (κ2) is 5.48. The maximum absolute atomic E-state index is 5.67. The maximum Gasteiger partial charge on any atom is 0.0763 e. The van der Waals surface area contributed by atoms with Gasteiger partial charge in [-0.15, -0.1) is 0 Å². The predicted octanol–water partition coefficient (Wildman–Crippen LogP) is 2.80. The molecule has 0 bridgehead atoms. The average Bonchev–Trinajstić information content (AvgIpc) is 2.55. The largest absolute Gasteiger partial charge is 0.325 e. The molecule has 0 radical (unpaired) electrons. The van der Waals surface area contributed by atoms with E-state index in [2.05, 4.69) is 22.8 Å². The third-order valence-corrected chi connectivity index (χ3v) is 3.64. The Morgan fingerprint density at radius 2 is 2.00 bits per heavy atom. The van der Waals surface area contributed by atoms with Gasteiger partial charge in [0.2, 0.25) is 0 Å². The lowest BCUT2D eigenvalue weighted by molar-refractivity contribution is 0.516. The maximum atomic E-state index is 5.67. The van der Waals surface area contributed by atoms with Crippen LogP contribution in [0, 0.1) is 0 Å². The van der Waals surface area contributed by atoms with Crippen molar-refractivity contribution in [2.75, 3.05) is 0 Å². The van der Waals surface area contributed by atoms with Crippen molar-refractivity contribution < 1.29 is 0 Å². The molecular formula is C13H23N3. The van der Waals surface area contributed by atoms with Crippen LogP contribution in [0.15, 0.2) is 6.07 Å². The molecule has 1 saturated carbocycles. The molecule has 0 unspecified atom stereocenters. The summed E-state index contributed by atoms with van der Waals surface area (Å²) in [5.74, 6) is 0.718. The minimum Gasteiger partial charge on any atom is -0.325 e. The minimum atomic E-state index is 0.562. The van der Waals surface area contributed by atoms with Crippen LogP contribution in [0.25, 0.3) is 0 Å². The summed E-state index contributed by atoms with van der Waals surface area (Å²) in [5, 5.41) is 4.54. The zero-order valence-corrected chi connectivity index (χ0v) is 10.3. The van der Waals surface area contributed by atoms with Crippen LogP contribution in [0.5, 0.6) is 0 Å². The quantitative estimate of drug-likeness (QED) is 0.798. The third kappa shape index (κ3) is 2.46. The molecular weight excluding hydrogens is 198 g/mol. The van der Waals surface area contributed by atoms with Crippen LogP contribution < -0.4 is 5.73 Å². The molecule has 1 aliphatic carbocycles. The fourth-order valence-electron chi connectivity index (χ4n) is 2.74. The fourth-order valence-corrected chi connectivity index (χ4v) is 2.74. The summed E-state index contributed by atoms with van der Waals surface area (Å²) in [6.07, 6.45) is 8.21. The Balaban J connectivity index is 2.19. The highest BCUT2D eigenvalue weighted by atomic mass is 15.3. The topological polar surface area (TPSA) is 43.8 Å². The van der Waals surface area contributed by atoms with E-state index in [0.717, 1.165) is 18.2 Å². The first-order valence-electron chi connectivity index (χ1n) is 6.61. The van der Waals surface area contributed by atoms with Crippen LogP contribution in [-0.4, -0.2) is 9.78 Å². The summed E-state index contributed by atoms with van der Waals surface area (Å²) in [4.78, 5) is 0. The molecule has 0 amide bonds. The number of hydrogen-bond acceptors (Lipinski definition) is 2. The molecule has 1 fully saturated rings. The van der Waals surface area contributed by atoms with E-state index in [1.165, 1.54) is 44.2 Å². The Labute approximate surface area is 98.0 Å². The Kier molecular flexibility index (Phi) is 3.99. The summed E-state index contributed by atoms with van der Waals surface area (Å²) in [6, 6.07) is 2.22. The van der Waals surface area contributed by atoms with Gasteiger partial charge >= 0.3 is 0 Å². The standard InChI is InChI=1S/C13H23N3/c1-2-16-13(9-12(10-14)15-16)11-7-5-3-4-6-8-11/h9,11H,2-8,10,14H2,1H3. The minimum absolute atomic E-state index is 0.562. The lowest BCUT2D eigenvalue weighted by Gasteiger charge is -2.15. The lowest BCUT2D eigenvalue weighted by atomic mass is 9.96. The molecule has 1 aromatic rings. The molecule has 3 nitrogen and oxygen atoms in total. The average molecular weight is 221 g/mol. The van der Waals surface area contributed by atoms with E-state index in [0.29, 0.717) is 6.54 Å². The lowest BCUT2D eigenvalue weighted by Crippen LogP contribution is -2.08. The van der Waals surface area contributed by atoms with Gasteiger partial charge in [-0.25, -0.2) is 0 Å². The highest BCUT2D eigenvalue weighted by molar-refractivity contribution is 5.15. The van der Waals surface area contributed by atoms with E-state index >= 15 is 0 Å². The van der Waals surface area contributed by atoms with E-state index < -0.39 is 0 Å². The van der Waals surface area contributed by atoms with E-state index in [1.807, 2.05) is 0 Å². The molecule has 16 heavy (non-hydrogen) atoms. The molecule has 0 aromatic carbocycles. The molecule has 2 N–H and O–H groups in total. The first-order valence-corrected chi connectivity index (χ1v) is 6.61. The van der Waals surface area contributed by atoms with Gasteiger partial charge in [0.25, 0.3) is 0 Å². The number of nitrogens with two attached hydrogens (primary N) is 1. The zero-order chi connectivity index (χ0) is 11.4. The normalized spacial score (nSPS) is 18.6. The highest BCUT2D eigenvalue weighted by Crippen LogP contribution is 2.31. The third-order valence-electron chi connectivity index (χ3n) is 3.64. The van der Waals surface area contributed by atoms with Gasteiger partial charge in [-0.05, 0) is 25.8 Å². The van der Waals surface area contributed by atoms with Gasteiger partial charge in [0.15, 0.2) is 0 Å². The molecule has 1 aliphatic rings. The second-order valence-electron chi connectivity index (χ2n) is 4.77. The van der Waals surface area contributed by atoms with Gasteiger partial charge in [0, 0.05) is 24.7 Å². The molecule has 0 atom stereocenters. The van der Waals surface area contributed by atoms with E-state index in [1.54, 1.807) is 0 Å². The summed E-state index contributed by atoms with van der Waals surface area (Å²) >= 11 is 0. The Morgan fingerprint density at radius 1 is 1.31 bits per heavy atom. The van der Waals surface area contributed by atoms with E-state index in [-0.39, 0.29) is 0 Å². The predicted molar refractivity (Wildman–Crippen MR) is 66.2 cm³/mol. The molecule has 0 spiro atoms. The monoisotopic (exact) mass is 221 g/mol. The number of aromatic nitrogens is 2. The number of aryl methyl sites for hydroxylation is 1. The summed E-state index contributed by atoms with van der Waals surface area (Å²) in [7, 11) is 0. The molecule has 1 aromatic heterocycles. The molecule has 0 saturated heterocycles. The van der Waals surface area contributed by atoms with Crippen LogP contribution in [0.1, 0.15) is 62.8 Å². The number of hydrogen-bond donors (Lipinski definition) is 1. The van der Waals surface area contributed by atoms with Crippen LogP contribution in [-0.2, 0) is 13.1 Å². The van der Waals surface area contributed by atoms with Crippen molar-refractivity contribution in [2.45, 2.75) is 64.5 Å². The molecule has 3 heteroatoms. The summed E-state index contributed by atoms with van der Waals surface area (Å²) in [5.41, 5.74) is 8.14. The Morgan fingerprint density at radius 3 is 2.56 bits per heavy atom. The van der Waals surface area contributed by atoms with Crippen molar-refractivity contribution in [3.8, 4) is 0 Å². The number of rotatable bonds is 3. The van der Waals surface area contributed by atoms with Gasteiger partial charge in [-0.2, -0.15) is 5.10 Å². The van der Waals surface area contributed by atoms with Crippen LogP contribution in [0.2, 0.25) is 0 Å². The van der Waals surface area contributed by atoms with Crippen LogP contribution >= 0.6 is 0 Å². The van der Waals surface area contributed by atoms with Crippen molar-refractivity contribution in [1.29, 1.82) is 0 Å². The van der Waals surface area contributed by atoms with Crippen molar-refractivity contribution in [3.05, 3.63) is 17.5 Å². The van der Waals surface area contributed by atoms with Crippen molar-refractivity contribution in [2.24, 2.45) is 5.73 Å². The Hall–Kier alpha value is -0.830. The summed E-state index contributed by atoms with van der Waals surface area (Å²) in [6.45, 7) is 3.69. The molecule has 2 rings (SSSR count).